The number of terminal acetylenes is 1. The largest absolute Gasteiger partial charge is 0.456 e. The van der Waals surface area contributed by atoms with Gasteiger partial charge in [-0.1, -0.05) is 12.8 Å². The first-order chi connectivity index (χ1) is 10.3. The van der Waals surface area contributed by atoms with Gasteiger partial charge in [0.25, 0.3) is 5.91 Å². The Balaban J connectivity index is 2.51. The lowest BCUT2D eigenvalue weighted by Gasteiger charge is -2.16. The monoisotopic (exact) mass is 310 g/mol. The van der Waals surface area contributed by atoms with Crippen molar-refractivity contribution < 1.29 is 24.0 Å². The molecule has 0 saturated heterocycles. The van der Waals surface area contributed by atoms with Crippen LogP contribution in [0, 0.1) is 40.2 Å². The molecule has 0 bridgehead atoms. The number of ether oxygens (including phenoxy) is 1. The number of hydrogen-bond acceptors (Lipinski definition) is 6. The fourth-order valence-electron chi connectivity index (χ4n) is 2.59. The molecule has 3 atom stereocenters. The first kappa shape index (κ1) is 17.6. The third-order valence-corrected chi connectivity index (χ3v) is 3.68. The fourth-order valence-corrected chi connectivity index (χ4v) is 2.59. The van der Waals surface area contributed by atoms with Gasteiger partial charge in [-0.15, -0.1) is 6.42 Å². The van der Waals surface area contributed by atoms with Gasteiger partial charge in [-0.3, -0.25) is 24.5 Å². The van der Waals surface area contributed by atoms with E-state index in [-0.39, 0.29) is 37.6 Å². The number of carbonyl (C=O) groups is 3. The molecule has 1 amide bonds. The number of rotatable bonds is 7. The molecule has 1 aliphatic carbocycles. The van der Waals surface area contributed by atoms with Gasteiger partial charge in [0.15, 0.2) is 6.61 Å². The van der Waals surface area contributed by atoms with E-state index in [9.17, 15) is 24.5 Å². The maximum absolute atomic E-state index is 11.9. The third-order valence-electron chi connectivity index (χ3n) is 3.68. The van der Waals surface area contributed by atoms with Gasteiger partial charge in [0, 0.05) is 23.2 Å². The van der Waals surface area contributed by atoms with E-state index < -0.39 is 35.2 Å². The number of esters is 1. The molecule has 0 unspecified atom stereocenters. The Labute approximate surface area is 127 Å². The van der Waals surface area contributed by atoms with Crippen LogP contribution in [0.3, 0.4) is 0 Å². The minimum atomic E-state index is -0.725. The molecule has 1 saturated carbocycles. The van der Waals surface area contributed by atoms with Crippen molar-refractivity contribution in [3.63, 3.8) is 0 Å². The van der Waals surface area contributed by atoms with E-state index >= 15 is 0 Å². The highest BCUT2D eigenvalue weighted by Crippen LogP contribution is 2.36. The Morgan fingerprint density at radius 2 is 2.23 bits per heavy atom. The van der Waals surface area contributed by atoms with Crippen molar-refractivity contribution in [2.45, 2.75) is 19.8 Å². The minimum Gasteiger partial charge on any atom is -0.456 e. The van der Waals surface area contributed by atoms with Crippen LogP contribution in [0.4, 0.5) is 0 Å². The van der Waals surface area contributed by atoms with Crippen LogP contribution in [-0.4, -0.2) is 42.3 Å². The second kappa shape index (κ2) is 8.12. The number of nitrogens with one attached hydrogen (secondary N) is 1. The number of hydrogen-bond donors (Lipinski definition) is 1. The molecule has 8 heteroatoms. The summed E-state index contributed by atoms with van der Waals surface area (Å²) in [5.41, 5.74) is 0. The highest BCUT2D eigenvalue weighted by atomic mass is 16.6. The normalized spacial score (nSPS) is 23.6. The maximum atomic E-state index is 11.9. The average molecular weight is 310 g/mol. The van der Waals surface area contributed by atoms with E-state index in [0.717, 1.165) is 0 Å². The molecule has 1 rings (SSSR count). The Hall–Kier alpha value is -2.43. The molecule has 0 aromatic carbocycles. The third kappa shape index (κ3) is 5.16. The summed E-state index contributed by atoms with van der Waals surface area (Å²) < 4.78 is 4.76. The number of nitrogens with zero attached hydrogens (tertiary/aromatic N) is 1. The zero-order valence-corrected chi connectivity index (χ0v) is 12.2. The molecule has 0 aromatic heterocycles. The van der Waals surface area contributed by atoms with Gasteiger partial charge in [-0.2, -0.15) is 0 Å². The van der Waals surface area contributed by atoms with Gasteiger partial charge in [0.2, 0.25) is 6.54 Å². The molecule has 8 nitrogen and oxygen atoms in total. The van der Waals surface area contributed by atoms with Crippen molar-refractivity contribution in [3.05, 3.63) is 10.1 Å². The first-order valence-corrected chi connectivity index (χ1v) is 6.85. The summed E-state index contributed by atoms with van der Waals surface area (Å²) in [6.07, 6.45) is 4.94. The van der Waals surface area contributed by atoms with E-state index in [1.165, 1.54) is 0 Å². The molecule has 1 N–H and O–H groups in total. The quantitative estimate of drug-likeness (QED) is 0.301. The minimum absolute atomic E-state index is 0.0277. The predicted octanol–water partition coefficient (Wildman–Crippen LogP) is -0.213. The highest BCUT2D eigenvalue weighted by molar-refractivity contribution is 5.88. The number of ketones is 1. The van der Waals surface area contributed by atoms with Gasteiger partial charge in [-0.25, -0.2) is 0 Å². The summed E-state index contributed by atoms with van der Waals surface area (Å²) in [7, 11) is 0. The van der Waals surface area contributed by atoms with Crippen LogP contribution in [0.15, 0.2) is 0 Å². The molecular formula is C14H18N2O6. The van der Waals surface area contributed by atoms with Crippen LogP contribution in [0.1, 0.15) is 19.8 Å². The summed E-state index contributed by atoms with van der Waals surface area (Å²) in [5, 5.41) is 13.0. The van der Waals surface area contributed by atoms with Crippen LogP contribution < -0.4 is 5.32 Å². The summed E-state index contributed by atoms with van der Waals surface area (Å²) in [6.45, 7) is 0.939. The SMILES string of the molecule is C#CCNC(=O)COC(=O)C[C@H]1C(=O)C[C@H](C)[C@H]1C[N+](=O)[O-]. The van der Waals surface area contributed by atoms with Crippen molar-refractivity contribution in [1.82, 2.24) is 5.32 Å². The van der Waals surface area contributed by atoms with Crippen molar-refractivity contribution in [2.75, 3.05) is 19.7 Å². The molecule has 120 valence electrons. The molecule has 22 heavy (non-hydrogen) atoms. The molecule has 1 fully saturated rings. The average Bonchev–Trinajstić information content (AvgIpc) is 2.69. The zero-order chi connectivity index (χ0) is 16.7. The molecule has 1 aliphatic rings. The van der Waals surface area contributed by atoms with E-state index in [4.69, 9.17) is 11.2 Å². The number of carbonyl (C=O) groups excluding carboxylic acids is 3. The zero-order valence-electron chi connectivity index (χ0n) is 12.2. The lowest BCUT2D eigenvalue weighted by atomic mass is 9.88. The number of Topliss-reactive ketones (excluding diaryl/α,β-unsaturated/α-hetero) is 1. The summed E-state index contributed by atoms with van der Waals surface area (Å²) >= 11 is 0. The van der Waals surface area contributed by atoms with Gasteiger partial charge >= 0.3 is 5.97 Å². The van der Waals surface area contributed by atoms with Gasteiger partial charge in [0.1, 0.15) is 5.78 Å². The van der Waals surface area contributed by atoms with Crippen molar-refractivity contribution in [1.29, 1.82) is 0 Å². The van der Waals surface area contributed by atoms with Crippen molar-refractivity contribution in [3.8, 4) is 12.3 Å². The van der Waals surface area contributed by atoms with Crippen LogP contribution in [0.5, 0.6) is 0 Å². The molecular weight excluding hydrogens is 292 g/mol. The second-order valence-corrected chi connectivity index (χ2v) is 5.28. The van der Waals surface area contributed by atoms with Crippen LogP contribution >= 0.6 is 0 Å². The van der Waals surface area contributed by atoms with Gasteiger partial charge in [-0.05, 0) is 5.92 Å². The molecule has 0 aromatic rings. The molecule has 0 aliphatic heterocycles. The Bertz CT molecular complexity index is 510. The van der Waals surface area contributed by atoms with Crippen molar-refractivity contribution >= 4 is 17.7 Å². The molecule has 0 heterocycles. The highest BCUT2D eigenvalue weighted by Gasteiger charge is 2.44. The first-order valence-electron chi connectivity index (χ1n) is 6.85. The second-order valence-electron chi connectivity index (χ2n) is 5.28. The summed E-state index contributed by atoms with van der Waals surface area (Å²) in [6, 6.07) is 0. The Morgan fingerprint density at radius 3 is 2.82 bits per heavy atom. The lowest BCUT2D eigenvalue weighted by molar-refractivity contribution is -0.490. The predicted molar refractivity (Wildman–Crippen MR) is 75.0 cm³/mol. The smallest absolute Gasteiger partial charge is 0.307 e. The van der Waals surface area contributed by atoms with Crippen LogP contribution in [0.25, 0.3) is 0 Å². The lowest BCUT2D eigenvalue weighted by Crippen LogP contribution is -2.31. The Morgan fingerprint density at radius 1 is 1.55 bits per heavy atom. The Kier molecular flexibility index (Phi) is 6.50. The topological polar surface area (TPSA) is 116 Å². The van der Waals surface area contributed by atoms with Crippen molar-refractivity contribution in [2.24, 2.45) is 17.8 Å². The summed E-state index contributed by atoms with van der Waals surface area (Å²) in [4.78, 5) is 45.0. The number of nitro groups is 1. The molecule has 0 radical (unpaired) electrons. The maximum Gasteiger partial charge on any atom is 0.307 e. The van der Waals surface area contributed by atoms with Crippen LogP contribution in [-0.2, 0) is 19.1 Å². The number of amides is 1. The molecule has 0 spiro atoms. The van der Waals surface area contributed by atoms with Gasteiger partial charge in [0.05, 0.1) is 13.0 Å². The van der Waals surface area contributed by atoms with E-state index in [2.05, 4.69) is 11.2 Å². The standard InChI is InChI=1S/C14H18N2O6/c1-3-4-15-13(18)8-22-14(19)6-10-11(7-16(20)21)9(2)5-12(10)17/h1,9-11H,4-8H2,2H3,(H,15,18)/t9-,10+,11+/m0/s1. The van der Waals surface area contributed by atoms with E-state index in [1.54, 1.807) is 6.92 Å². The van der Waals surface area contributed by atoms with Crippen LogP contribution in [0.2, 0.25) is 0 Å². The van der Waals surface area contributed by atoms with Gasteiger partial charge < -0.3 is 10.1 Å². The van der Waals surface area contributed by atoms with E-state index in [1.807, 2.05) is 0 Å². The fraction of sp³-hybridized carbons (Fsp3) is 0.643. The summed E-state index contributed by atoms with van der Waals surface area (Å²) in [5.74, 6) is -0.588. The van der Waals surface area contributed by atoms with E-state index in [0.29, 0.717) is 0 Å².